The number of nitrogens with one attached hydrogen (secondary N) is 1. The third-order valence-corrected chi connectivity index (χ3v) is 5.25. The average molecular weight is 373 g/mol. The van der Waals surface area contributed by atoms with Gasteiger partial charge in [0.2, 0.25) is 0 Å². The highest BCUT2D eigenvalue weighted by Crippen LogP contribution is 2.44. The third kappa shape index (κ3) is 3.51. The fourth-order valence-corrected chi connectivity index (χ4v) is 3.81. The van der Waals surface area contributed by atoms with Gasteiger partial charge in [0.25, 0.3) is 0 Å². The standard InChI is InChI=1S/C24H23NO3/c1-2-23(26)16-8-7-9-17(14-16)25-24(27)28-15-22-20-12-5-3-10-18(20)19-11-4-6-13-21(19)22/h3-14,22-23,26H,2,15H2,1H3,(H,25,27). The molecule has 0 saturated carbocycles. The minimum Gasteiger partial charge on any atom is -0.448 e. The zero-order valence-corrected chi connectivity index (χ0v) is 15.8. The van der Waals surface area contributed by atoms with Crippen molar-refractivity contribution in [3.63, 3.8) is 0 Å². The fourth-order valence-electron chi connectivity index (χ4n) is 3.81. The van der Waals surface area contributed by atoms with E-state index in [0.717, 1.165) is 5.56 Å². The number of anilines is 1. The van der Waals surface area contributed by atoms with Gasteiger partial charge in [-0.1, -0.05) is 67.6 Å². The first kappa shape index (κ1) is 18.3. The molecule has 2 N–H and O–H groups in total. The number of amides is 1. The van der Waals surface area contributed by atoms with Crippen LogP contribution >= 0.6 is 0 Å². The number of hydrogen-bond acceptors (Lipinski definition) is 3. The smallest absolute Gasteiger partial charge is 0.411 e. The molecule has 3 aromatic rings. The second-order valence-electron chi connectivity index (χ2n) is 7.00. The van der Waals surface area contributed by atoms with Crippen molar-refractivity contribution in [3.05, 3.63) is 89.5 Å². The molecular weight excluding hydrogens is 350 g/mol. The van der Waals surface area contributed by atoms with Crippen LogP contribution in [-0.2, 0) is 4.74 Å². The number of carbonyl (C=O) groups is 1. The van der Waals surface area contributed by atoms with E-state index in [1.54, 1.807) is 12.1 Å². The molecule has 1 unspecified atom stereocenters. The van der Waals surface area contributed by atoms with Crippen LogP contribution in [0.25, 0.3) is 11.1 Å². The highest BCUT2D eigenvalue weighted by Gasteiger charge is 2.28. The Labute approximate surface area is 164 Å². The first-order valence-electron chi connectivity index (χ1n) is 9.57. The average Bonchev–Trinajstić information content (AvgIpc) is 3.06. The minimum atomic E-state index is -0.538. The molecule has 0 radical (unpaired) electrons. The summed E-state index contributed by atoms with van der Waals surface area (Å²) in [4.78, 5) is 12.3. The van der Waals surface area contributed by atoms with Crippen molar-refractivity contribution < 1.29 is 14.6 Å². The summed E-state index contributed by atoms with van der Waals surface area (Å²) >= 11 is 0. The summed E-state index contributed by atoms with van der Waals surface area (Å²) in [7, 11) is 0. The van der Waals surface area contributed by atoms with E-state index in [0.29, 0.717) is 12.1 Å². The molecule has 0 fully saturated rings. The van der Waals surface area contributed by atoms with Gasteiger partial charge in [0.15, 0.2) is 0 Å². The predicted molar refractivity (Wildman–Crippen MR) is 110 cm³/mol. The molecule has 1 amide bonds. The largest absolute Gasteiger partial charge is 0.448 e. The highest BCUT2D eigenvalue weighted by atomic mass is 16.5. The van der Waals surface area contributed by atoms with Gasteiger partial charge in [-0.15, -0.1) is 0 Å². The van der Waals surface area contributed by atoms with Crippen molar-refractivity contribution in [1.82, 2.24) is 0 Å². The Hall–Kier alpha value is -3.11. The molecule has 1 atom stereocenters. The van der Waals surface area contributed by atoms with Crippen molar-refractivity contribution in [3.8, 4) is 11.1 Å². The van der Waals surface area contributed by atoms with Gasteiger partial charge in [0.05, 0.1) is 6.10 Å². The monoisotopic (exact) mass is 373 g/mol. The van der Waals surface area contributed by atoms with Crippen molar-refractivity contribution in [2.75, 3.05) is 11.9 Å². The highest BCUT2D eigenvalue weighted by molar-refractivity contribution is 5.85. The van der Waals surface area contributed by atoms with Crippen LogP contribution in [0.3, 0.4) is 0 Å². The van der Waals surface area contributed by atoms with Crippen LogP contribution in [0.2, 0.25) is 0 Å². The van der Waals surface area contributed by atoms with Crippen LogP contribution < -0.4 is 5.32 Å². The topological polar surface area (TPSA) is 58.6 Å². The van der Waals surface area contributed by atoms with Crippen LogP contribution in [0.4, 0.5) is 10.5 Å². The molecule has 0 saturated heterocycles. The number of rotatable bonds is 5. The van der Waals surface area contributed by atoms with E-state index < -0.39 is 12.2 Å². The number of hydrogen-bond donors (Lipinski definition) is 2. The molecule has 0 heterocycles. The maximum atomic E-state index is 12.3. The van der Waals surface area contributed by atoms with Crippen molar-refractivity contribution >= 4 is 11.8 Å². The van der Waals surface area contributed by atoms with E-state index in [1.165, 1.54) is 22.3 Å². The van der Waals surface area contributed by atoms with Crippen LogP contribution in [0.1, 0.15) is 42.1 Å². The molecule has 4 heteroatoms. The van der Waals surface area contributed by atoms with E-state index in [9.17, 15) is 9.90 Å². The van der Waals surface area contributed by atoms with Crippen LogP contribution in [0.5, 0.6) is 0 Å². The number of aliphatic hydroxyl groups is 1. The lowest BCUT2D eigenvalue weighted by Gasteiger charge is -2.15. The van der Waals surface area contributed by atoms with Crippen LogP contribution in [0.15, 0.2) is 72.8 Å². The van der Waals surface area contributed by atoms with Gasteiger partial charge >= 0.3 is 6.09 Å². The minimum absolute atomic E-state index is 0.0337. The molecule has 4 rings (SSSR count). The second kappa shape index (κ2) is 7.87. The summed E-state index contributed by atoms with van der Waals surface area (Å²) < 4.78 is 5.56. The molecule has 0 bridgehead atoms. The summed E-state index contributed by atoms with van der Waals surface area (Å²) in [6, 6.07) is 23.7. The Morgan fingerprint density at radius 2 is 1.64 bits per heavy atom. The van der Waals surface area contributed by atoms with E-state index in [2.05, 4.69) is 29.6 Å². The van der Waals surface area contributed by atoms with E-state index >= 15 is 0 Å². The Kier molecular flexibility index (Phi) is 5.13. The SMILES string of the molecule is CCC(O)c1cccc(NC(=O)OCC2c3ccccc3-c3ccccc32)c1. The van der Waals surface area contributed by atoms with Gasteiger partial charge in [0, 0.05) is 11.6 Å². The molecule has 0 aromatic heterocycles. The fraction of sp³-hybridized carbons (Fsp3) is 0.208. The maximum absolute atomic E-state index is 12.3. The quantitative estimate of drug-likeness (QED) is 0.622. The number of carbonyl (C=O) groups excluding carboxylic acids is 1. The summed E-state index contributed by atoms with van der Waals surface area (Å²) in [5.74, 6) is 0.0337. The predicted octanol–water partition coefficient (Wildman–Crippen LogP) is 5.49. The van der Waals surface area contributed by atoms with Gasteiger partial charge in [-0.05, 0) is 46.4 Å². The number of benzene rings is 3. The first-order chi connectivity index (χ1) is 13.7. The molecule has 4 nitrogen and oxygen atoms in total. The molecule has 0 spiro atoms. The van der Waals surface area contributed by atoms with E-state index in [1.807, 2.05) is 43.3 Å². The maximum Gasteiger partial charge on any atom is 0.411 e. The lowest BCUT2D eigenvalue weighted by atomic mass is 9.98. The molecule has 142 valence electrons. The summed E-state index contributed by atoms with van der Waals surface area (Å²) in [6.07, 6.45) is -0.414. The van der Waals surface area contributed by atoms with Crippen LogP contribution in [0, 0.1) is 0 Å². The third-order valence-electron chi connectivity index (χ3n) is 5.25. The number of aliphatic hydroxyl groups excluding tert-OH is 1. The molecule has 3 aromatic carbocycles. The van der Waals surface area contributed by atoms with Gasteiger partial charge in [-0.2, -0.15) is 0 Å². The summed E-state index contributed by atoms with van der Waals surface area (Å²) in [5, 5.41) is 12.7. The van der Waals surface area contributed by atoms with E-state index in [4.69, 9.17) is 4.74 Å². The molecule has 28 heavy (non-hydrogen) atoms. The molecule has 0 aliphatic heterocycles. The Morgan fingerprint density at radius 1 is 1.00 bits per heavy atom. The number of fused-ring (bicyclic) bond motifs is 3. The van der Waals surface area contributed by atoms with Gasteiger partial charge in [0.1, 0.15) is 6.61 Å². The molecule has 1 aliphatic rings. The summed E-state index contributed by atoms with van der Waals surface area (Å²) in [6.45, 7) is 2.19. The zero-order valence-electron chi connectivity index (χ0n) is 15.8. The summed E-state index contributed by atoms with van der Waals surface area (Å²) in [5.41, 5.74) is 6.16. The Morgan fingerprint density at radius 3 is 2.29 bits per heavy atom. The Balaban J connectivity index is 1.46. The van der Waals surface area contributed by atoms with Gasteiger partial charge < -0.3 is 9.84 Å². The van der Waals surface area contributed by atoms with Crippen molar-refractivity contribution in [2.24, 2.45) is 0 Å². The van der Waals surface area contributed by atoms with Gasteiger partial charge in [-0.25, -0.2) is 4.79 Å². The number of ether oxygens (including phenoxy) is 1. The Bertz CT molecular complexity index is 953. The van der Waals surface area contributed by atoms with Gasteiger partial charge in [-0.3, -0.25) is 5.32 Å². The van der Waals surface area contributed by atoms with Crippen LogP contribution in [-0.4, -0.2) is 17.8 Å². The second-order valence-corrected chi connectivity index (χ2v) is 7.00. The lowest BCUT2D eigenvalue weighted by Crippen LogP contribution is -2.18. The zero-order chi connectivity index (χ0) is 19.5. The molecular formula is C24H23NO3. The first-order valence-corrected chi connectivity index (χ1v) is 9.57. The van der Waals surface area contributed by atoms with E-state index in [-0.39, 0.29) is 12.5 Å². The normalized spacial score (nSPS) is 13.5. The molecule has 1 aliphatic carbocycles. The lowest BCUT2D eigenvalue weighted by molar-refractivity contribution is 0.158. The van der Waals surface area contributed by atoms with Crippen molar-refractivity contribution in [2.45, 2.75) is 25.4 Å². The van der Waals surface area contributed by atoms with Crippen molar-refractivity contribution in [1.29, 1.82) is 0 Å².